The van der Waals surface area contributed by atoms with Crippen LogP contribution in [0, 0.1) is 11.3 Å². The number of methoxy groups -OCH3 is 1. The molecule has 0 bridgehead atoms. The summed E-state index contributed by atoms with van der Waals surface area (Å²) in [6, 6.07) is 18.6. The Hall–Kier alpha value is -3.52. The molecule has 1 heterocycles. The van der Waals surface area contributed by atoms with Crippen molar-refractivity contribution in [3.63, 3.8) is 0 Å². The van der Waals surface area contributed by atoms with Crippen molar-refractivity contribution < 1.29 is 9.47 Å². The van der Waals surface area contributed by atoms with Crippen LogP contribution in [0.4, 0.5) is 0 Å². The van der Waals surface area contributed by atoms with Crippen molar-refractivity contribution in [2.45, 2.75) is 6.92 Å². The number of para-hydroxylation sites is 1. The Balaban J connectivity index is 2.20. The Bertz CT molecular complexity index is 1010. The van der Waals surface area contributed by atoms with Crippen LogP contribution in [0.25, 0.3) is 22.4 Å². The fraction of sp³-hybridized carbons (Fsp3) is 0.143. The van der Waals surface area contributed by atoms with E-state index < -0.39 is 5.56 Å². The molecule has 0 saturated carbocycles. The minimum Gasteiger partial charge on any atom is -0.497 e. The van der Waals surface area contributed by atoms with E-state index in [1.807, 2.05) is 61.5 Å². The summed E-state index contributed by atoms with van der Waals surface area (Å²) in [5.41, 5.74) is 2.34. The number of aromatic nitrogens is 1. The summed E-state index contributed by atoms with van der Waals surface area (Å²) < 4.78 is 10.8. The van der Waals surface area contributed by atoms with Crippen LogP contribution < -0.4 is 15.0 Å². The van der Waals surface area contributed by atoms with E-state index >= 15 is 0 Å². The number of nitrogens with one attached hydrogen (secondary N) is 1. The number of H-pyrrole nitrogens is 1. The topological polar surface area (TPSA) is 75.1 Å². The molecular weight excluding hydrogens is 328 g/mol. The third kappa shape index (κ3) is 3.31. The normalized spacial score (nSPS) is 10.2. The standard InChI is InChI=1S/C21H18N2O3/c1-3-26-20-7-5-4-6-16(20)17-12-19(23-21(24)18(17)13-22)14-8-10-15(25-2)11-9-14/h4-12H,3H2,1-2H3,(H,23,24). The van der Waals surface area contributed by atoms with E-state index in [1.54, 1.807) is 13.2 Å². The number of benzene rings is 2. The van der Waals surface area contributed by atoms with E-state index in [1.165, 1.54) is 0 Å². The third-order valence-corrected chi connectivity index (χ3v) is 4.02. The fourth-order valence-corrected chi connectivity index (χ4v) is 2.78. The lowest BCUT2D eigenvalue weighted by molar-refractivity contribution is 0.341. The summed E-state index contributed by atoms with van der Waals surface area (Å²) in [6.45, 7) is 2.38. The predicted octanol–water partition coefficient (Wildman–Crippen LogP) is 3.99. The highest BCUT2D eigenvalue weighted by molar-refractivity contribution is 5.79. The zero-order valence-corrected chi connectivity index (χ0v) is 14.6. The van der Waals surface area contributed by atoms with Gasteiger partial charge in [0.2, 0.25) is 0 Å². The lowest BCUT2D eigenvalue weighted by atomic mass is 9.98. The highest BCUT2D eigenvalue weighted by Crippen LogP contribution is 2.33. The number of nitriles is 1. The molecule has 0 unspecified atom stereocenters. The highest BCUT2D eigenvalue weighted by Gasteiger charge is 2.15. The van der Waals surface area contributed by atoms with Gasteiger partial charge in [-0.2, -0.15) is 5.26 Å². The number of hydrogen-bond donors (Lipinski definition) is 1. The average Bonchev–Trinajstić information content (AvgIpc) is 2.68. The van der Waals surface area contributed by atoms with E-state index in [9.17, 15) is 10.1 Å². The first-order chi connectivity index (χ1) is 12.7. The molecule has 0 spiro atoms. The summed E-state index contributed by atoms with van der Waals surface area (Å²) in [5.74, 6) is 1.37. The van der Waals surface area contributed by atoms with Crippen molar-refractivity contribution in [1.29, 1.82) is 5.26 Å². The Morgan fingerprint density at radius 1 is 1.08 bits per heavy atom. The van der Waals surface area contributed by atoms with Gasteiger partial charge in [-0.1, -0.05) is 18.2 Å². The van der Waals surface area contributed by atoms with Crippen molar-refractivity contribution in [2.75, 3.05) is 13.7 Å². The van der Waals surface area contributed by atoms with Gasteiger partial charge < -0.3 is 14.5 Å². The molecule has 1 N–H and O–H groups in total. The molecule has 26 heavy (non-hydrogen) atoms. The number of nitrogens with zero attached hydrogens (tertiary/aromatic N) is 1. The first-order valence-corrected chi connectivity index (χ1v) is 8.22. The molecule has 2 aromatic carbocycles. The zero-order valence-electron chi connectivity index (χ0n) is 14.6. The predicted molar refractivity (Wildman–Crippen MR) is 100 cm³/mol. The first kappa shape index (κ1) is 17.3. The molecule has 0 fully saturated rings. The number of aromatic amines is 1. The Morgan fingerprint density at radius 2 is 1.81 bits per heavy atom. The second-order valence-electron chi connectivity index (χ2n) is 5.57. The lowest BCUT2D eigenvalue weighted by Crippen LogP contribution is -2.13. The smallest absolute Gasteiger partial charge is 0.266 e. The van der Waals surface area contributed by atoms with Crippen molar-refractivity contribution in [3.8, 4) is 40.0 Å². The van der Waals surface area contributed by atoms with Crippen molar-refractivity contribution in [3.05, 3.63) is 70.5 Å². The van der Waals surface area contributed by atoms with Gasteiger partial charge in [0.25, 0.3) is 5.56 Å². The second kappa shape index (κ2) is 7.58. The number of ether oxygens (including phenoxy) is 2. The van der Waals surface area contributed by atoms with Crippen molar-refractivity contribution in [2.24, 2.45) is 0 Å². The summed E-state index contributed by atoms with van der Waals surface area (Å²) in [6.07, 6.45) is 0. The van der Waals surface area contributed by atoms with Gasteiger partial charge in [0.05, 0.1) is 13.7 Å². The Morgan fingerprint density at radius 3 is 2.46 bits per heavy atom. The van der Waals surface area contributed by atoms with E-state index in [0.29, 0.717) is 29.2 Å². The van der Waals surface area contributed by atoms with Gasteiger partial charge in [0.1, 0.15) is 23.1 Å². The molecule has 5 heteroatoms. The molecule has 0 radical (unpaired) electrons. The van der Waals surface area contributed by atoms with Crippen LogP contribution in [-0.4, -0.2) is 18.7 Å². The zero-order chi connectivity index (χ0) is 18.5. The molecule has 1 aromatic heterocycles. The average molecular weight is 346 g/mol. The van der Waals surface area contributed by atoms with Gasteiger partial charge in [0, 0.05) is 16.8 Å². The first-order valence-electron chi connectivity index (χ1n) is 8.22. The van der Waals surface area contributed by atoms with E-state index in [-0.39, 0.29) is 5.56 Å². The minimum atomic E-state index is -0.429. The number of hydrogen-bond acceptors (Lipinski definition) is 4. The van der Waals surface area contributed by atoms with Crippen molar-refractivity contribution >= 4 is 0 Å². The lowest BCUT2D eigenvalue weighted by Gasteiger charge is -2.13. The molecule has 0 atom stereocenters. The van der Waals surface area contributed by atoms with Crippen LogP contribution in [0.5, 0.6) is 11.5 Å². The van der Waals surface area contributed by atoms with Crippen LogP contribution in [0.3, 0.4) is 0 Å². The van der Waals surface area contributed by atoms with Gasteiger partial charge in [-0.3, -0.25) is 4.79 Å². The number of pyridine rings is 1. The SMILES string of the molecule is CCOc1ccccc1-c1cc(-c2ccc(OC)cc2)[nH]c(=O)c1C#N. The largest absolute Gasteiger partial charge is 0.497 e. The number of rotatable bonds is 5. The molecule has 3 rings (SSSR count). The van der Waals surface area contributed by atoms with Crippen LogP contribution in [0.2, 0.25) is 0 Å². The van der Waals surface area contributed by atoms with Gasteiger partial charge in [-0.15, -0.1) is 0 Å². The summed E-state index contributed by atoms with van der Waals surface area (Å²) in [7, 11) is 1.60. The molecule has 5 nitrogen and oxygen atoms in total. The third-order valence-electron chi connectivity index (χ3n) is 4.02. The molecule has 0 saturated heterocycles. The van der Waals surface area contributed by atoms with E-state index in [2.05, 4.69) is 4.98 Å². The van der Waals surface area contributed by atoms with Crippen LogP contribution in [0.1, 0.15) is 12.5 Å². The summed E-state index contributed by atoms with van der Waals surface area (Å²) in [4.78, 5) is 15.3. The van der Waals surface area contributed by atoms with Crippen molar-refractivity contribution in [1.82, 2.24) is 4.98 Å². The fourth-order valence-electron chi connectivity index (χ4n) is 2.78. The molecule has 0 aliphatic rings. The second-order valence-corrected chi connectivity index (χ2v) is 5.57. The van der Waals surface area contributed by atoms with Gasteiger partial charge >= 0.3 is 0 Å². The van der Waals surface area contributed by atoms with E-state index in [4.69, 9.17) is 9.47 Å². The quantitative estimate of drug-likeness (QED) is 0.758. The summed E-state index contributed by atoms with van der Waals surface area (Å²) >= 11 is 0. The van der Waals surface area contributed by atoms with Crippen LogP contribution in [-0.2, 0) is 0 Å². The maximum Gasteiger partial charge on any atom is 0.266 e. The monoisotopic (exact) mass is 346 g/mol. The Kier molecular flexibility index (Phi) is 5.04. The van der Waals surface area contributed by atoms with Gasteiger partial charge in [0.15, 0.2) is 0 Å². The van der Waals surface area contributed by atoms with E-state index in [0.717, 1.165) is 11.3 Å². The minimum absolute atomic E-state index is 0.0643. The Labute approximate surface area is 151 Å². The molecule has 3 aromatic rings. The van der Waals surface area contributed by atoms with Gasteiger partial charge in [-0.25, -0.2) is 0 Å². The van der Waals surface area contributed by atoms with Gasteiger partial charge in [-0.05, 0) is 48.9 Å². The molecule has 0 amide bonds. The van der Waals surface area contributed by atoms with Crippen LogP contribution >= 0.6 is 0 Å². The summed E-state index contributed by atoms with van der Waals surface area (Å²) in [5, 5.41) is 9.48. The maximum absolute atomic E-state index is 12.5. The molecule has 130 valence electrons. The highest BCUT2D eigenvalue weighted by atomic mass is 16.5. The van der Waals surface area contributed by atoms with Crippen LogP contribution in [0.15, 0.2) is 59.4 Å². The molecular formula is C21H18N2O3. The molecule has 0 aliphatic carbocycles. The molecule has 0 aliphatic heterocycles. The maximum atomic E-state index is 12.5.